The zero-order valence-corrected chi connectivity index (χ0v) is 41.8. The summed E-state index contributed by atoms with van der Waals surface area (Å²) in [5, 5.41) is 0. The molecule has 0 spiro atoms. The summed E-state index contributed by atoms with van der Waals surface area (Å²) in [6.45, 7) is 4.93. The van der Waals surface area contributed by atoms with Crippen molar-refractivity contribution in [3.8, 4) is 0 Å². The van der Waals surface area contributed by atoms with E-state index < -0.39 is 13.9 Å². The highest BCUT2D eigenvalue weighted by Gasteiger charge is 2.25. The molecule has 0 amide bonds. The number of ether oxygens (including phenoxy) is 2. The molecule has 3 N–H and O–H groups in total. The largest absolute Gasteiger partial charge is 0.472 e. The highest BCUT2D eigenvalue weighted by Crippen LogP contribution is 2.43. The van der Waals surface area contributed by atoms with Crippen molar-refractivity contribution in [2.24, 2.45) is 5.73 Å². The minimum absolute atomic E-state index is 0.0963. The summed E-state index contributed by atoms with van der Waals surface area (Å²) >= 11 is 0. The summed E-state index contributed by atoms with van der Waals surface area (Å²) in [7, 11) is -4.28. The van der Waals surface area contributed by atoms with Crippen molar-refractivity contribution in [3.05, 3.63) is 36.5 Å². The summed E-state index contributed by atoms with van der Waals surface area (Å²) in [6.07, 6.45) is 60.4. The number of carbonyl (C=O) groups is 1. The van der Waals surface area contributed by atoms with Crippen LogP contribution in [0.5, 0.6) is 0 Å². The molecule has 9 heteroatoms. The van der Waals surface area contributed by atoms with Gasteiger partial charge in [-0.1, -0.05) is 217 Å². The minimum Gasteiger partial charge on any atom is -0.457 e. The van der Waals surface area contributed by atoms with Gasteiger partial charge in [0.2, 0.25) is 0 Å². The van der Waals surface area contributed by atoms with Gasteiger partial charge in [-0.15, -0.1) is 0 Å². The third-order valence-electron chi connectivity index (χ3n) is 11.5. The molecule has 0 radical (unpaired) electrons. The fourth-order valence-electron chi connectivity index (χ4n) is 7.61. The van der Waals surface area contributed by atoms with E-state index in [0.717, 1.165) is 44.9 Å². The van der Waals surface area contributed by atoms with Gasteiger partial charge in [-0.05, 0) is 70.6 Å². The van der Waals surface area contributed by atoms with Crippen LogP contribution >= 0.6 is 7.82 Å². The Labute approximate surface area is 384 Å². The molecule has 0 fully saturated rings. The fraction of sp³-hybridized carbons (Fsp3) is 0.868. The predicted molar refractivity (Wildman–Crippen MR) is 266 cm³/mol. The van der Waals surface area contributed by atoms with Crippen LogP contribution in [0.1, 0.15) is 258 Å². The van der Waals surface area contributed by atoms with Crippen LogP contribution in [0.15, 0.2) is 36.5 Å². The summed E-state index contributed by atoms with van der Waals surface area (Å²) in [6, 6.07) is 0. The van der Waals surface area contributed by atoms with Crippen LogP contribution in [0.3, 0.4) is 0 Å². The van der Waals surface area contributed by atoms with Gasteiger partial charge in [0.25, 0.3) is 0 Å². The monoisotopic (exact) mass is 896 g/mol. The van der Waals surface area contributed by atoms with E-state index in [9.17, 15) is 14.3 Å². The zero-order chi connectivity index (χ0) is 45.1. The number of rotatable bonds is 51. The van der Waals surface area contributed by atoms with E-state index in [-0.39, 0.29) is 32.3 Å². The van der Waals surface area contributed by atoms with E-state index in [1.807, 2.05) is 0 Å². The molecule has 0 aliphatic heterocycles. The van der Waals surface area contributed by atoms with Crippen LogP contribution in [0, 0.1) is 0 Å². The minimum atomic E-state index is -4.28. The molecular formula is C53H102NO7P. The van der Waals surface area contributed by atoms with Crippen molar-refractivity contribution in [2.75, 3.05) is 33.0 Å². The van der Waals surface area contributed by atoms with Gasteiger partial charge in [0.05, 0.1) is 19.8 Å². The van der Waals surface area contributed by atoms with Crippen LogP contribution in [0.2, 0.25) is 0 Å². The molecule has 0 aromatic rings. The van der Waals surface area contributed by atoms with E-state index in [0.29, 0.717) is 13.0 Å². The molecule has 0 saturated heterocycles. The number of esters is 1. The Hall–Kier alpha value is -1.28. The highest BCUT2D eigenvalue weighted by molar-refractivity contribution is 7.47. The molecule has 0 heterocycles. The zero-order valence-electron chi connectivity index (χ0n) is 40.9. The van der Waals surface area contributed by atoms with E-state index in [2.05, 4.69) is 50.3 Å². The Bertz CT molecular complexity index is 1050. The maximum Gasteiger partial charge on any atom is 0.472 e. The maximum atomic E-state index is 12.6. The molecule has 8 nitrogen and oxygen atoms in total. The van der Waals surface area contributed by atoms with Gasteiger partial charge in [-0.3, -0.25) is 13.8 Å². The highest BCUT2D eigenvalue weighted by atomic mass is 31.2. The van der Waals surface area contributed by atoms with E-state index >= 15 is 0 Å². The summed E-state index contributed by atoms with van der Waals surface area (Å²) in [5.74, 6) is -0.335. The van der Waals surface area contributed by atoms with Gasteiger partial charge in [-0.2, -0.15) is 0 Å². The Kier molecular flexibility index (Phi) is 49.7. The second-order valence-corrected chi connectivity index (χ2v) is 19.2. The van der Waals surface area contributed by atoms with Gasteiger partial charge in [0.1, 0.15) is 6.10 Å². The first-order valence-corrected chi connectivity index (χ1v) is 28.0. The van der Waals surface area contributed by atoms with Crippen molar-refractivity contribution >= 4 is 13.8 Å². The van der Waals surface area contributed by atoms with Crippen LogP contribution in [0.25, 0.3) is 0 Å². The molecule has 0 aromatic carbocycles. The summed E-state index contributed by atoms with van der Waals surface area (Å²) < 4.78 is 33.6. The average Bonchev–Trinajstić information content (AvgIpc) is 3.26. The molecule has 0 bridgehead atoms. The smallest absolute Gasteiger partial charge is 0.457 e. The second-order valence-electron chi connectivity index (χ2n) is 17.7. The van der Waals surface area contributed by atoms with Crippen molar-refractivity contribution in [1.29, 1.82) is 0 Å². The number of hydrogen-bond donors (Lipinski definition) is 2. The first-order valence-electron chi connectivity index (χ1n) is 26.5. The van der Waals surface area contributed by atoms with Crippen LogP contribution < -0.4 is 5.73 Å². The SMILES string of the molecule is CCCCC/C=C\C/C=C\CCCCCCCCCC(=O)OC(COCCCCCCCCCCCCCCCC/C=C\CCCCCCCCCC)COP(=O)(O)OCCN. The lowest BCUT2D eigenvalue weighted by Gasteiger charge is -2.20. The lowest BCUT2D eigenvalue weighted by Crippen LogP contribution is -2.28. The number of hydrogen-bond acceptors (Lipinski definition) is 7. The molecule has 0 aromatic heterocycles. The molecule has 62 heavy (non-hydrogen) atoms. The fourth-order valence-corrected chi connectivity index (χ4v) is 8.38. The maximum absolute atomic E-state index is 12.6. The van der Waals surface area contributed by atoms with E-state index in [4.69, 9.17) is 24.3 Å². The number of allylic oxidation sites excluding steroid dienone is 6. The van der Waals surface area contributed by atoms with Gasteiger partial charge < -0.3 is 20.1 Å². The third kappa shape index (κ3) is 49.7. The van der Waals surface area contributed by atoms with Gasteiger partial charge >= 0.3 is 13.8 Å². The second kappa shape index (κ2) is 50.7. The summed E-state index contributed by atoms with van der Waals surface area (Å²) in [4.78, 5) is 22.6. The molecule has 0 saturated carbocycles. The van der Waals surface area contributed by atoms with Crippen LogP contribution in [-0.4, -0.2) is 49.9 Å². The molecule has 366 valence electrons. The molecule has 0 aliphatic carbocycles. The van der Waals surface area contributed by atoms with Crippen molar-refractivity contribution in [2.45, 2.75) is 264 Å². The van der Waals surface area contributed by atoms with E-state index in [1.165, 1.54) is 193 Å². The Morgan fingerprint density at radius 3 is 1.31 bits per heavy atom. The number of phosphoric acid groups is 1. The molecule has 0 aliphatic rings. The van der Waals surface area contributed by atoms with Crippen LogP contribution in [0.4, 0.5) is 0 Å². The topological polar surface area (TPSA) is 117 Å². The van der Waals surface area contributed by atoms with Gasteiger partial charge in [0, 0.05) is 19.6 Å². The molecule has 2 atom stereocenters. The summed E-state index contributed by atoms with van der Waals surface area (Å²) in [5.41, 5.74) is 5.39. The van der Waals surface area contributed by atoms with Gasteiger partial charge in [-0.25, -0.2) is 4.57 Å². The molecular weight excluding hydrogens is 794 g/mol. The van der Waals surface area contributed by atoms with Crippen LogP contribution in [-0.2, 0) is 27.9 Å². The third-order valence-corrected chi connectivity index (χ3v) is 12.5. The lowest BCUT2D eigenvalue weighted by molar-refractivity contribution is -0.154. The first kappa shape index (κ1) is 60.7. The molecule has 0 rings (SSSR count). The molecule has 2 unspecified atom stereocenters. The Morgan fingerprint density at radius 1 is 0.484 bits per heavy atom. The van der Waals surface area contributed by atoms with Crippen molar-refractivity contribution in [3.63, 3.8) is 0 Å². The van der Waals surface area contributed by atoms with Crippen molar-refractivity contribution in [1.82, 2.24) is 0 Å². The normalized spacial score (nSPS) is 13.5. The number of nitrogens with two attached hydrogens (primary N) is 1. The number of unbranched alkanes of at least 4 members (excludes halogenated alkanes) is 32. The lowest BCUT2D eigenvalue weighted by atomic mass is 10.0. The quantitative estimate of drug-likeness (QED) is 0.0268. The van der Waals surface area contributed by atoms with Gasteiger partial charge in [0.15, 0.2) is 0 Å². The Morgan fingerprint density at radius 2 is 0.855 bits per heavy atom. The Balaban J connectivity index is 3.88. The average molecular weight is 896 g/mol. The van der Waals surface area contributed by atoms with E-state index in [1.54, 1.807) is 0 Å². The predicted octanol–water partition coefficient (Wildman–Crippen LogP) is 16.5. The number of phosphoric ester groups is 1. The standard InChI is InChI=1S/C53H102NO7P/c1-3-5-7-9-11-13-15-17-19-21-22-23-24-25-26-27-28-29-31-33-35-37-39-41-43-45-48-58-50-52(51-60-62(56,57)59-49-47-54)61-53(55)46-44-42-40-38-36-34-32-30-20-18-16-14-12-10-8-6-4-2/h12,14,18,20-22,52H,3-11,13,15-17,19,23-51,54H2,1-2H3,(H,56,57)/b14-12-,20-18-,22-21-. The number of carbonyl (C=O) groups excluding carboxylic acids is 1. The van der Waals surface area contributed by atoms with Crippen molar-refractivity contribution < 1.29 is 32.8 Å². The first-order chi connectivity index (χ1) is 30.4.